The van der Waals surface area contributed by atoms with Crippen molar-refractivity contribution < 1.29 is 4.42 Å². The Balaban J connectivity index is 2.58. The van der Waals surface area contributed by atoms with Crippen molar-refractivity contribution in [3.63, 3.8) is 0 Å². The third-order valence-corrected chi connectivity index (χ3v) is 2.23. The molecule has 1 aromatic heterocycles. The van der Waals surface area contributed by atoms with Crippen LogP contribution in [0.15, 0.2) is 37.9 Å². The average molecular weight is 241 g/mol. The Kier molecular flexibility index (Phi) is 2.02. The fraction of sp³-hybridized carbons (Fsp3) is 0. The summed E-state index contributed by atoms with van der Waals surface area (Å²) >= 11 is 3.33. The summed E-state index contributed by atoms with van der Waals surface area (Å²) in [5.74, 6) is -0.261. The van der Waals surface area contributed by atoms with E-state index in [0.29, 0.717) is 0 Å². The van der Waals surface area contributed by atoms with Gasteiger partial charge in [-0.25, -0.2) is 9.89 Å². The molecule has 0 bridgehead atoms. The molecule has 66 valence electrons. The molecule has 1 N–H and O–H groups in total. The third kappa shape index (κ3) is 1.55. The number of hydrogen-bond acceptors (Lipinski definition) is 3. The van der Waals surface area contributed by atoms with Gasteiger partial charge in [-0.3, -0.25) is 0 Å². The summed E-state index contributed by atoms with van der Waals surface area (Å²) in [6.07, 6.45) is 0. The monoisotopic (exact) mass is 240 g/mol. The molecule has 0 spiro atoms. The van der Waals surface area contributed by atoms with E-state index in [9.17, 15) is 4.79 Å². The van der Waals surface area contributed by atoms with Gasteiger partial charge in [0.05, 0.1) is 5.56 Å². The minimum absolute atomic E-state index is 0.289. The Morgan fingerprint density at radius 3 is 2.77 bits per heavy atom. The number of nitrogens with zero attached hydrogens (tertiary/aromatic N) is 1. The second-order valence-electron chi connectivity index (χ2n) is 2.40. The second-order valence-corrected chi connectivity index (χ2v) is 3.25. The van der Waals surface area contributed by atoms with Gasteiger partial charge in [0.15, 0.2) is 0 Å². The number of hydrogen-bond donors (Lipinski definition) is 1. The smallest absolute Gasteiger partial charge is 0.388 e. The first-order valence-corrected chi connectivity index (χ1v) is 4.37. The molecule has 0 aliphatic carbocycles. The topological polar surface area (TPSA) is 58.9 Å². The molecule has 13 heavy (non-hydrogen) atoms. The molecule has 0 atom stereocenters. The zero-order valence-corrected chi connectivity index (χ0v) is 8.04. The Labute approximate surface area is 81.7 Å². The van der Waals surface area contributed by atoms with Crippen molar-refractivity contribution in [2.24, 2.45) is 0 Å². The lowest BCUT2D eigenvalue weighted by atomic mass is 10.2. The van der Waals surface area contributed by atoms with Gasteiger partial charge >= 0.3 is 5.76 Å². The van der Waals surface area contributed by atoms with E-state index < -0.39 is 5.76 Å². The number of halogens is 1. The Hall–Kier alpha value is -1.36. The van der Waals surface area contributed by atoms with Gasteiger partial charge in [-0.2, -0.15) is 0 Å². The highest BCUT2D eigenvalue weighted by Crippen LogP contribution is 2.24. The first-order chi connectivity index (χ1) is 6.27. The van der Waals surface area contributed by atoms with Gasteiger partial charge in [-0.05, 0) is 28.1 Å². The van der Waals surface area contributed by atoms with Crippen LogP contribution in [-0.2, 0) is 0 Å². The molecule has 1 aromatic carbocycles. The minimum Gasteiger partial charge on any atom is -0.388 e. The SMILES string of the molecule is O=c1[nH]nc(-c2ccccc2Br)o1. The maximum absolute atomic E-state index is 10.7. The van der Waals surface area contributed by atoms with Crippen LogP contribution >= 0.6 is 15.9 Å². The van der Waals surface area contributed by atoms with Gasteiger partial charge in [-0.15, -0.1) is 5.10 Å². The van der Waals surface area contributed by atoms with Crippen molar-refractivity contribution in [2.45, 2.75) is 0 Å². The van der Waals surface area contributed by atoms with Gasteiger partial charge in [0, 0.05) is 4.47 Å². The second kappa shape index (κ2) is 3.18. The van der Waals surface area contributed by atoms with E-state index in [1.807, 2.05) is 24.3 Å². The van der Waals surface area contributed by atoms with Crippen LogP contribution in [-0.4, -0.2) is 10.2 Å². The lowest BCUT2D eigenvalue weighted by Gasteiger charge is -1.95. The molecule has 0 aliphatic rings. The van der Waals surface area contributed by atoms with Crippen LogP contribution in [0.3, 0.4) is 0 Å². The van der Waals surface area contributed by atoms with E-state index in [-0.39, 0.29) is 5.89 Å². The lowest BCUT2D eigenvalue weighted by molar-refractivity contribution is 0.526. The Morgan fingerprint density at radius 2 is 2.15 bits per heavy atom. The van der Waals surface area contributed by atoms with Crippen molar-refractivity contribution in [3.05, 3.63) is 39.3 Å². The summed E-state index contributed by atoms with van der Waals surface area (Å²) in [6, 6.07) is 7.38. The number of nitrogens with one attached hydrogen (secondary N) is 1. The summed E-state index contributed by atoms with van der Waals surface area (Å²) in [5.41, 5.74) is 0.751. The molecule has 0 fully saturated rings. The van der Waals surface area contributed by atoms with Crippen molar-refractivity contribution in [1.29, 1.82) is 0 Å². The van der Waals surface area contributed by atoms with Crippen LogP contribution in [0.1, 0.15) is 0 Å². The highest BCUT2D eigenvalue weighted by atomic mass is 79.9. The summed E-state index contributed by atoms with van der Waals surface area (Å²) in [7, 11) is 0. The van der Waals surface area contributed by atoms with Crippen LogP contribution in [0.25, 0.3) is 11.5 Å². The molecular weight excluding hydrogens is 236 g/mol. The largest absolute Gasteiger partial charge is 0.434 e. The standard InChI is InChI=1S/C8H5BrN2O2/c9-6-4-2-1-3-5(6)7-10-11-8(12)13-7/h1-4H,(H,11,12). The molecule has 0 radical (unpaired) electrons. The summed E-state index contributed by atoms with van der Waals surface area (Å²) < 4.78 is 5.64. The van der Waals surface area contributed by atoms with Crippen LogP contribution in [0.2, 0.25) is 0 Å². The number of H-pyrrole nitrogens is 1. The van der Waals surface area contributed by atoms with Crippen molar-refractivity contribution in [2.75, 3.05) is 0 Å². The molecule has 0 amide bonds. The highest BCUT2D eigenvalue weighted by Gasteiger charge is 2.07. The normalized spacial score (nSPS) is 10.2. The van der Waals surface area contributed by atoms with Crippen LogP contribution in [0.4, 0.5) is 0 Å². The van der Waals surface area contributed by atoms with Gasteiger partial charge in [0.25, 0.3) is 0 Å². The van der Waals surface area contributed by atoms with Crippen LogP contribution in [0.5, 0.6) is 0 Å². The molecular formula is C8H5BrN2O2. The molecule has 5 heteroatoms. The number of benzene rings is 1. The van der Waals surface area contributed by atoms with Crippen LogP contribution in [0, 0.1) is 0 Å². The fourth-order valence-corrected chi connectivity index (χ4v) is 1.43. The van der Waals surface area contributed by atoms with Crippen molar-refractivity contribution in [1.82, 2.24) is 10.2 Å². The summed E-state index contributed by atoms with van der Waals surface area (Å²) in [6.45, 7) is 0. The van der Waals surface area contributed by atoms with Gasteiger partial charge in [-0.1, -0.05) is 12.1 Å². The molecule has 0 saturated heterocycles. The quantitative estimate of drug-likeness (QED) is 0.827. The predicted octanol–water partition coefficient (Wildman–Crippen LogP) is 1.79. The zero-order valence-electron chi connectivity index (χ0n) is 6.45. The zero-order chi connectivity index (χ0) is 9.26. The number of aromatic amines is 1. The first-order valence-electron chi connectivity index (χ1n) is 3.58. The van der Waals surface area contributed by atoms with E-state index >= 15 is 0 Å². The Bertz CT molecular complexity index is 475. The maximum atomic E-state index is 10.7. The average Bonchev–Trinajstić information content (AvgIpc) is 2.53. The van der Waals surface area contributed by atoms with Gasteiger partial charge in [0.2, 0.25) is 5.89 Å². The van der Waals surface area contributed by atoms with E-state index in [2.05, 4.69) is 26.1 Å². The molecule has 2 rings (SSSR count). The molecule has 2 aromatic rings. The van der Waals surface area contributed by atoms with E-state index in [4.69, 9.17) is 4.42 Å². The maximum Gasteiger partial charge on any atom is 0.434 e. The van der Waals surface area contributed by atoms with Gasteiger partial charge < -0.3 is 4.42 Å². The van der Waals surface area contributed by atoms with Gasteiger partial charge in [0.1, 0.15) is 0 Å². The molecule has 1 heterocycles. The predicted molar refractivity (Wildman–Crippen MR) is 50.3 cm³/mol. The first kappa shape index (κ1) is 8.25. The summed E-state index contributed by atoms with van der Waals surface area (Å²) in [5, 5.41) is 5.91. The third-order valence-electron chi connectivity index (χ3n) is 1.54. The van der Waals surface area contributed by atoms with E-state index in [0.717, 1.165) is 10.0 Å². The minimum atomic E-state index is -0.550. The summed E-state index contributed by atoms with van der Waals surface area (Å²) in [4.78, 5) is 10.7. The molecule has 0 aliphatic heterocycles. The number of aromatic nitrogens is 2. The fourth-order valence-electron chi connectivity index (χ4n) is 0.980. The van der Waals surface area contributed by atoms with Crippen LogP contribution < -0.4 is 5.76 Å². The molecule has 4 nitrogen and oxygen atoms in total. The molecule has 0 unspecified atom stereocenters. The Morgan fingerprint density at radius 1 is 1.38 bits per heavy atom. The highest BCUT2D eigenvalue weighted by molar-refractivity contribution is 9.10. The lowest BCUT2D eigenvalue weighted by Crippen LogP contribution is -1.93. The van der Waals surface area contributed by atoms with E-state index in [1.54, 1.807) is 0 Å². The van der Waals surface area contributed by atoms with Crippen molar-refractivity contribution in [3.8, 4) is 11.5 Å². The number of rotatable bonds is 1. The van der Waals surface area contributed by atoms with Crippen molar-refractivity contribution >= 4 is 15.9 Å². The van der Waals surface area contributed by atoms with E-state index in [1.165, 1.54) is 0 Å². The molecule has 0 saturated carbocycles.